The van der Waals surface area contributed by atoms with Crippen LogP contribution in [0.25, 0.3) is 0 Å². The summed E-state index contributed by atoms with van der Waals surface area (Å²) in [5.41, 5.74) is 2.84. The van der Waals surface area contributed by atoms with Crippen LogP contribution in [0.5, 0.6) is 0 Å². The third-order valence-corrected chi connectivity index (χ3v) is 4.13. The molecular weight excluding hydrogens is 234 g/mol. The van der Waals surface area contributed by atoms with Gasteiger partial charge in [-0.05, 0) is 31.0 Å². The molecule has 19 heavy (non-hydrogen) atoms. The number of aryl methyl sites for hydroxylation is 1. The molecule has 2 aromatic rings. The number of nitrogens with zero attached hydrogens (tertiary/aromatic N) is 2. The lowest BCUT2D eigenvalue weighted by molar-refractivity contribution is 0.426. The zero-order valence-corrected chi connectivity index (χ0v) is 11.6. The van der Waals surface area contributed by atoms with Crippen molar-refractivity contribution in [2.24, 2.45) is 7.05 Å². The Kier molecular flexibility index (Phi) is 3.15. The topological polar surface area (TPSA) is 29.9 Å². The minimum Gasteiger partial charge on any atom is -0.308 e. The number of nitrogens with one attached hydrogen (secondary N) is 1. The fourth-order valence-electron chi connectivity index (χ4n) is 3.02. The number of hydrogen-bond donors (Lipinski definition) is 1. The van der Waals surface area contributed by atoms with Gasteiger partial charge in [0.1, 0.15) is 0 Å². The molecule has 3 rings (SSSR count). The summed E-state index contributed by atoms with van der Waals surface area (Å²) in [6.45, 7) is 3.13. The molecule has 0 bridgehead atoms. The van der Waals surface area contributed by atoms with Gasteiger partial charge >= 0.3 is 0 Å². The molecule has 3 nitrogen and oxygen atoms in total. The Labute approximate surface area is 114 Å². The van der Waals surface area contributed by atoms with Gasteiger partial charge in [-0.15, -0.1) is 0 Å². The van der Waals surface area contributed by atoms with Crippen LogP contribution in [0.15, 0.2) is 42.6 Å². The molecule has 3 heteroatoms. The predicted molar refractivity (Wildman–Crippen MR) is 77.0 cm³/mol. The first-order chi connectivity index (χ1) is 9.26. The van der Waals surface area contributed by atoms with E-state index in [4.69, 9.17) is 0 Å². The lowest BCUT2D eigenvalue weighted by Crippen LogP contribution is -2.32. The van der Waals surface area contributed by atoms with Crippen molar-refractivity contribution in [3.8, 4) is 0 Å². The summed E-state index contributed by atoms with van der Waals surface area (Å²) < 4.78 is 1.89. The van der Waals surface area contributed by atoms with E-state index >= 15 is 0 Å². The molecule has 0 amide bonds. The van der Waals surface area contributed by atoms with Crippen LogP contribution in [0, 0.1) is 0 Å². The maximum atomic E-state index is 4.62. The third kappa shape index (κ3) is 2.19. The van der Waals surface area contributed by atoms with E-state index in [1.54, 1.807) is 0 Å². The Morgan fingerprint density at radius 2 is 2.00 bits per heavy atom. The maximum Gasteiger partial charge on any atom is 0.0802 e. The molecule has 0 aliphatic heterocycles. The van der Waals surface area contributed by atoms with Gasteiger partial charge in [0.2, 0.25) is 0 Å². The van der Waals surface area contributed by atoms with Gasteiger partial charge in [-0.3, -0.25) is 4.68 Å². The summed E-state index contributed by atoms with van der Waals surface area (Å²) >= 11 is 0. The fourth-order valence-corrected chi connectivity index (χ4v) is 3.02. The van der Waals surface area contributed by atoms with Gasteiger partial charge in [0.25, 0.3) is 0 Å². The first-order valence-corrected chi connectivity index (χ1v) is 7.05. The predicted octanol–water partition coefficient (Wildman–Crippen LogP) is 2.80. The standard InChI is InChI=1S/C16H21N3/c1-3-17-15(14-9-12-19(2)18-14)16(10-11-16)13-7-5-4-6-8-13/h4-9,12,15,17H,3,10-11H2,1-2H3. The molecule has 100 valence electrons. The molecule has 1 aromatic heterocycles. The molecule has 1 aromatic carbocycles. The van der Waals surface area contributed by atoms with Crippen LogP contribution < -0.4 is 5.32 Å². The van der Waals surface area contributed by atoms with Gasteiger partial charge in [-0.25, -0.2) is 0 Å². The highest BCUT2D eigenvalue weighted by molar-refractivity contribution is 5.36. The first-order valence-electron chi connectivity index (χ1n) is 7.05. The second-order valence-electron chi connectivity index (χ2n) is 5.43. The summed E-state index contributed by atoms with van der Waals surface area (Å²) in [4.78, 5) is 0. The van der Waals surface area contributed by atoms with Gasteiger partial charge in [-0.1, -0.05) is 37.3 Å². The maximum absolute atomic E-state index is 4.62. The molecule has 1 aliphatic rings. The van der Waals surface area contributed by atoms with Crippen LogP contribution in [-0.2, 0) is 12.5 Å². The van der Waals surface area contributed by atoms with E-state index in [2.05, 4.69) is 53.7 Å². The van der Waals surface area contributed by atoms with Crippen molar-refractivity contribution in [2.45, 2.75) is 31.2 Å². The molecule has 0 spiro atoms. The molecule has 1 fully saturated rings. The van der Waals surface area contributed by atoms with Crippen LogP contribution in [0.2, 0.25) is 0 Å². The quantitative estimate of drug-likeness (QED) is 0.890. The molecular formula is C16H21N3. The van der Waals surface area contributed by atoms with Crippen LogP contribution in [0.4, 0.5) is 0 Å². The lowest BCUT2D eigenvalue weighted by atomic mass is 9.86. The molecule has 1 unspecified atom stereocenters. The van der Waals surface area contributed by atoms with E-state index in [9.17, 15) is 0 Å². The Morgan fingerprint density at radius 1 is 1.26 bits per heavy atom. The van der Waals surface area contributed by atoms with Gasteiger partial charge in [0.15, 0.2) is 0 Å². The van der Waals surface area contributed by atoms with Crippen LogP contribution in [-0.4, -0.2) is 16.3 Å². The third-order valence-electron chi connectivity index (χ3n) is 4.13. The van der Waals surface area contributed by atoms with Gasteiger partial charge in [-0.2, -0.15) is 5.10 Å². The Hall–Kier alpha value is -1.61. The van der Waals surface area contributed by atoms with E-state index in [0.717, 1.165) is 12.2 Å². The number of hydrogen-bond acceptors (Lipinski definition) is 2. The Morgan fingerprint density at radius 3 is 2.53 bits per heavy atom. The Bertz CT molecular complexity index is 540. The molecule has 1 saturated carbocycles. The van der Waals surface area contributed by atoms with Gasteiger partial charge in [0, 0.05) is 18.7 Å². The summed E-state index contributed by atoms with van der Waals surface area (Å²) in [5, 5.41) is 8.25. The molecule has 0 saturated heterocycles. The number of likely N-dealkylation sites (N-methyl/N-ethyl adjacent to an activating group) is 1. The minimum absolute atomic E-state index is 0.242. The first kappa shape index (κ1) is 12.4. The highest BCUT2D eigenvalue weighted by Crippen LogP contribution is 2.56. The Balaban J connectivity index is 1.96. The van der Waals surface area contributed by atoms with E-state index < -0.39 is 0 Å². The van der Waals surface area contributed by atoms with Crippen molar-refractivity contribution < 1.29 is 0 Å². The highest BCUT2D eigenvalue weighted by atomic mass is 15.3. The van der Waals surface area contributed by atoms with Crippen molar-refractivity contribution in [1.29, 1.82) is 0 Å². The van der Waals surface area contributed by atoms with Crippen LogP contribution >= 0.6 is 0 Å². The van der Waals surface area contributed by atoms with E-state index in [1.807, 2.05) is 17.9 Å². The molecule has 0 radical (unpaired) electrons. The molecule has 1 N–H and O–H groups in total. The summed E-state index contributed by atoms with van der Waals surface area (Å²) in [6.07, 6.45) is 4.51. The van der Waals surface area contributed by atoms with Gasteiger partial charge in [0.05, 0.1) is 11.7 Å². The zero-order valence-electron chi connectivity index (χ0n) is 11.6. The minimum atomic E-state index is 0.242. The highest BCUT2D eigenvalue weighted by Gasteiger charge is 2.51. The molecule has 1 atom stereocenters. The summed E-state index contributed by atoms with van der Waals surface area (Å²) in [7, 11) is 1.98. The summed E-state index contributed by atoms with van der Waals surface area (Å²) in [6, 6.07) is 13.3. The normalized spacial score (nSPS) is 18.2. The van der Waals surface area contributed by atoms with Crippen molar-refractivity contribution in [2.75, 3.05) is 6.54 Å². The number of rotatable bonds is 5. The van der Waals surface area contributed by atoms with Crippen molar-refractivity contribution in [3.63, 3.8) is 0 Å². The van der Waals surface area contributed by atoms with E-state index in [0.29, 0.717) is 6.04 Å². The average Bonchev–Trinajstić information content (AvgIpc) is 3.14. The van der Waals surface area contributed by atoms with Crippen LogP contribution in [0.1, 0.15) is 37.1 Å². The second kappa shape index (κ2) is 4.82. The number of benzene rings is 1. The van der Waals surface area contributed by atoms with Crippen molar-refractivity contribution >= 4 is 0 Å². The average molecular weight is 255 g/mol. The summed E-state index contributed by atoms with van der Waals surface area (Å²) in [5.74, 6) is 0. The fraction of sp³-hybridized carbons (Fsp3) is 0.438. The number of aromatic nitrogens is 2. The van der Waals surface area contributed by atoms with E-state index in [-0.39, 0.29) is 5.41 Å². The largest absolute Gasteiger partial charge is 0.308 e. The smallest absolute Gasteiger partial charge is 0.0802 e. The van der Waals surface area contributed by atoms with Crippen molar-refractivity contribution in [3.05, 3.63) is 53.9 Å². The second-order valence-corrected chi connectivity index (χ2v) is 5.43. The van der Waals surface area contributed by atoms with Gasteiger partial charge < -0.3 is 5.32 Å². The molecule has 1 aliphatic carbocycles. The van der Waals surface area contributed by atoms with E-state index in [1.165, 1.54) is 18.4 Å². The van der Waals surface area contributed by atoms with Crippen molar-refractivity contribution in [1.82, 2.24) is 15.1 Å². The van der Waals surface area contributed by atoms with Crippen LogP contribution in [0.3, 0.4) is 0 Å². The monoisotopic (exact) mass is 255 g/mol. The lowest BCUT2D eigenvalue weighted by Gasteiger charge is -2.27. The zero-order chi connectivity index (χ0) is 13.3. The SMILES string of the molecule is CCNC(c1ccn(C)n1)C1(c2ccccc2)CC1. The molecule has 1 heterocycles.